The molecule has 12 heteroatoms. The van der Waals surface area contributed by atoms with Gasteiger partial charge in [0, 0.05) is 23.8 Å². The second-order valence-electron chi connectivity index (χ2n) is 13.9. The smallest absolute Gasteiger partial charge is 0.293 e. The Bertz CT molecular complexity index is 1420. The molecule has 0 unspecified atom stereocenters. The highest BCUT2D eigenvalue weighted by Crippen LogP contribution is 2.75. The molecule has 43 heavy (non-hydrogen) atoms. The first-order valence-electron chi connectivity index (χ1n) is 15.4. The zero-order valence-electron chi connectivity index (χ0n) is 24.9. The van der Waals surface area contributed by atoms with Crippen molar-refractivity contribution in [3.8, 4) is 0 Å². The maximum atomic E-state index is 13.9. The molecule has 0 aromatic carbocycles. The van der Waals surface area contributed by atoms with Crippen molar-refractivity contribution in [2.45, 2.75) is 97.0 Å². The van der Waals surface area contributed by atoms with Crippen LogP contribution in [-0.4, -0.2) is 78.2 Å². The Morgan fingerprint density at radius 3 is 2.77 bits per heavy atom. The number of carbonyl (C=O) groups excluding carboxylic acids is 3. The number of nitrogens with zero attached hydrogens (tertiary/aromatic N) is 4. The summed E-state index contributed by atoms with van der Waals surface area (Å²) in [6, 6.07) is 0. The first kappa shape index (κ1) is 29.3. The monoisotopic (exact) mass is 612 g/mol. The van der Waals surface area contributed by atoms with E-state index in [0.717, 1.165) is 31.0 Å². The number of fused-ring (bicyclic) bond motifs is 2. The van der Waals surface area contributed by atoms with Gasteiger partial charge in [0.05, 0.1) is 48.0 Å². The van der Waals surface area contributed by atoms with Crippen LogP contribution in [0.2, 0.25) is 0 Å². The topological polar surface area (TPSA) is 144 Å². The summed E-state index contributed by atoms with van der Waals surface area (Å²) in [7, 11) is 0. The molecule has 4 bridgehead atoms. The number of aryl methyl sites for hydroxylation is 1. The van der Waals surface area contributed by atoms with Crippen molar-refractivity contribution in [1.82, 2.24) is 19.9 Å². The Morgan fingerprint density at radius 2 is 2.02 bits per heavy atom. The average molecular weight is 613 g/mol. The van der Waals surface area contributed by atoms with Crippen LogP contribution in [0.25, 0.3) is 0 Å². The van der Waals surface area contributed by atoms with Gasteiger partial charge in [-0.15, -0.1) is 5.10 Å². The zero-order valence-corrected chi connectivity index (χ0v) is 25.7. The van der Waals surface area contributed by atoms with Crippen LogP contribution in [0.15, 0.2) is 29.3 Å². The Kier molecular flexibility index (Phi) is 6.87. The maximum absolute atomic E-state index is 13.9. The van der Waals surface area contributed by atoms with Crippen molar-refractivity contribution in [1.29, 1.82) is 0 Å². The third-order valence-electron chi connectivity index (χ3n) is 11.6. The summed E-state index contributed by atoms with van der Waals surface area (Å²) >= 11 is 0.924. The molecule has 4 heterocycles. The molecule has 2 N–H and O–H groups in total. The Hall–Kier alpha value is -2.38. The van der Waals surface area contributed by atoms with Crippen LogP contribution in [0.4, 0.5) is 4.79 Å². The number of hydrogen-bond donors (Lipinski definition) is 2. The van der Waals surface area contributed by atoms with E-state index < -0.39 is 47.3 Å². The van der Waals surface area contributed by atoms with Crippen molar-refractivity contribution in [3.63, 3.8) is 0 Å². The Balaban J connectivity index is 1.07. The lowest BCUT2D eigenvalue weighted by Crippen LogP contribution is -2.78. The molecule has 8 rings (SSSR count). The van der Waals surface area contributed by atoms with Gasteiger partial charge in [0.15, 0.2) is 12.1 Å². The number of allylic oxidation sites excluding steroid dienone is 1. The second-order valence-corrected chi connectivity index (χ2v) is 14.9. The molecule has 2 spiro atoms. The van der Waals surface area contributed by atoms with Crippen molar-refractivity contribution in [2.24, 2.45) is 34.0 Å². The fourth-order valence-corrected chi connectivity index (χ4v) is 10.7. The van der Waals surface area contributed by atoms with Crippen molar-refractivity contribution in [3.05, 3.63) is 35.0 Å². The maximum Gasteiger partial charge on any atom is 0.293 e. The van der Waals surface area contributed by atoms with Gasteiger partial charge in [-0.05, 0) is 67.7 Å². The molecule has 11 nitrogen and oxygen atoms in total. The van der Waals surface area contributed by atoms with E-state index in [2.05, 4.69) is 30.7 Å². The molecule has 232 valence electrons. The molecule has 3 saturated heterocycles. The zero-order chi connectivity index (χ0) is 30.5. The number of imide groups is 1. The summed E-state index contributed by atoms with van der Waals surface area (Å²) in [4.78, 5) is 40.1. The van der Waals surface area contributed by atoms with Crippen molar-refractivity contribution in [2.75, 3.05) is 6.61 Å². The van der Waals surface area contributed by atoms with Gasteiger partial charge in [0.1, 0.15) is 5.69 Å². The fourth-order valence-electron chi connectivity index (χ4n) is 9.89. The van der Waals surface area contributed by atoms with Crippen LogP contribution in [0, 0.1) is 34.0 Å². The molecule has 4 saturated carbocycles. The highest BCUT2D eigenvalue weighted by Gasteiger charge is 2.81. The lowest BCUT2D eigenvalue weighted by Gasteiger charge is -2.72. The Morgan fingerprint density at radius 1 is 1.23 bits per heavy atom. The summed E-state index contributed by atoms with van der Waals surface area (Å²) in [5.74, 6) is -1.14. The van der Waals surface area contributed by atoms with E-state index in [0.29, 0.717) is 48.6 Å². The van der Waals surface area contributed by atoms with Crippen LogP contribution in [0.1, 0.15) is 65.0 Å². The van der Waals surface area contributed by atoms with E-state index in [1.807, 2.05) is 0 Å². The van der Waals surface area contributed by atoms with Crippen LogP contribution < -0.4 is 0 Å². The lowest BCUT2D eigenvalue weighted by atomic mass is 9.37. The molecular formula is C31H40N4O7S. The number of amides is 2. The van der Waals surface area contributed by atoms with Crippen molar-refractivity contribution < 1.29 is 34.1 Å². The minimum atomic E-state index is -1.16. The van der Waals surface area contributed by atoms with Crippen LogP contribution >= 0.6 is 11.8 Å². The van der Waals surface area contributed by atoms with E-state index in [4.69, 9.17) is 9.47 Å². The van der Waals surface area contributed by atoms with E-state index in [-0.39, 0.29) is 34.8 Å². The van der Waals surface area contributed by atoms with E-state index in [1.165, 1.54) is 4.90 Å². The molecule has 3 aliphatic heterocycles. The van der Waals surface area contributed by atoms with Gasteiger partial charge in [-0.25, -0.2) is 0 Å². The molecule has 1 aromatic heterocycles. The number of hydrogen-bond acceptors (Lipinski definition) is 10. The van der Waals surface area contributed by atoms with Crippen molar-refractivity contribution >= 4 is 28.7 Å². The number of aromatic nitrogens is 3. The minimum Gasteiger partial charge on any atom is -0.393 e. The van der Waals surface area contributed by atoms with Gasteiger partial charge in [-0.2, -0.15) is 0 Å². The molecule has 7 aliphatic rings. The third kappa shape index (κ3) is 3.92. The third-order valence-corrected chi connectivity index (χ3v) is 12.6. The van der Waals surface area contributed by atoms with Crippen LogP contribution in [0.5, 0.6) is 0 Å². The summed E-state index contributed by atoms with van der Waals surface area (Å²) in [5, 5.41) is 31.3. The molecule has 2 amide bonds. The quantitative estimate of drug-likeness (QED) is 0.348. The van der Waals surface area contributed by atoms with Gasteiger partial charge >= 0.3 is 0 Å². The predicted octanol–water partition coefficient (Wildman–Crippen LogP) is 3.21. The number of ether oxygens (including phenoxy) is 2. The number of thioether (sulfide) groups is 1. The predicted molar refractivity (Wildman–Crippen MR) is 155 cm³/mol. The van der Waals surface area contributed by atoms with Gasteiger partial charge in [-0.1, -0.05) is 38.1 Å². The van der Waals surface area contributed by atoms with Gasteiger partial charge < -0.3 is 19.7 Å². The van der Waals surface area contributed by atoms with E-state index in [9.17, 15) is 24.6 Å². The number of aliphatic hydroxyl groups excluding tert-OH is 2. The minimum absolute atomic E-state index is 0.0227. The van der Waals surface area contributed by atoms with Crippen LogP contribution in [-0.2, 0) is 32.2 Å². The van der Waals surface area contributed by atoms with Gasteiger partial charge in [0.25, 0.3) is 11.1 Å². The number of aliphatic hydroxyl groups is 2. The Labute approximate surface area is 255 Å². The molecule has 1 aromatic rings. The summed E-state index contributed by atoms with van der Waals surface area (Å²) in [6.07, 6.45) is 4.96. The van der Waals surface area contributed by atoms with Crippen LogP contribution in [0.3, 0.4) is 0 Å². The number of ketones is 1. The fraction of sp³-hybridized carbons (Fsp3) is 0.710. The standard InChI is InChI=1S/C31H40N4O7S/c1-5-20-26(39)35(28(40)43-20)15-17-14-34(33-32-17)10-7-11-41-27-30-9-6-8-29(3,4)21(30)13-22(42-27)31-23(30)19(36)12-18(25(31)38)16(2)24(31)37/h5,14,18-19,21-23,25,27,36,38H,2,6-13,15H2,1,3-4H3/b20-5+/t18-,19-,21+,22+,23-,25+,27-,30-,31+/m0/s1. The van der Waals surface area contributed by atoms with E-state index >= 15 is 0 Å². The highest BCUT2D eigenvalue weighted by atomic mass is 32.2. The first-order valence-corrected chi connectivity index (χ1v) is 16.2. The molecular weight excluding hydrogens is 572 g/mol. The SMILES string of the molecule is C=C1C(=O)[C@]23[C@H](O)[C@H]1C[C@H](O)[C@H]2[C@]12CCCC(C)(C)[C@H]1C[C@H]3O[C@@H]2OCCCn1cc(CN2C(=O)S/C(=C/C)C2=O)nn1. The first-order chi connectivity index (χ1) is 20.5. The summed E-state index contributed by atoms with van der Waals surface area (Å²) in [5.41, 5.74) is -0.829. The van der Waals surface area contributed by atoms with Gasteiger partial charge in [0.2, 0.25) is 0 Å². The average Bonchev–Trinajstić information content (AvgIpc) is 3.57. The molecule has 4 aliphatic carbocycles. The van der Waals surface area contributed by atoms with E-state index in [1.54, 1.807) is 23.9 Å². The summed E-state index contributed by atoms with van der Waals surface area (Å²) in [6.45, 7) is 11.3. The summed E-state index contributed by atoms with van der Waals surface area (Å²) < 4.78 is 14.9. The molecule has 9 atom stereocenters. The normalized spacial score (nSPS) is 42.2. The highest BCUT2D eigenvalue weighted by molar-refractivity contribution is 8.18. The van der Waals surface area contributed by atoms with Gasteiger partial charge in [-0.3, -0.25) is 24.0 Å². The number of rotatable bonds is 7. The second kappa shape index (κ2) is 10.1. The number of carbonyl (C=O) groups is 3. The largest absolute Gasteiger partial charge is 0.393 e. The molecule has 0 radical (unpaired) electrons. The molecule has 7 fully saturated rings. The lowest BCUT2D eigenvalue weighted by molar-refractivity contribution is -0.402. The number of Topliss-reactive ketones (excluding diaryl/α,β-unsaturated/α-hetero) is 1.